The summed E-state index contributed by atoms with van der Waals surface area (Å²) in [5.41, 5.74) is 6.80. The summed E-state index contributed by atoms with van der Waals surface area (Å²) in [5.74, 6) is 0.727. The quantitative estimate of drug-likeness (QED) is 0.497. The second-order valence-corrected chi connectivity index (χ2v) is 9.90. The molecule has 2 aromatic rings. The molecule has 0 radical (unpaired) electrons. The molecule has 0 N–H and O–H groups in total. The van der Waals surface area contributed by atoms with Gasteiger partial charge < -0.3 is 0 Å². The second-order valence-electron chi connectivity index (χ2n) is 7.45. The normalized spacial score (nSPS) is 14.5. The monoisotopic (exact) mass is 390 g/mol. The Hall–Kier alpha value is -0.600. The molecule has 26 heavy (non-hydrogen) atoms. The molecular formula is C24H38S2. The van der Waals surface area contributed by atoms with E-state index < -0.39 is 0 Å². The van der Waals surface area contributed by atoms with Gasteiger partial charge in [0, 0.05) is 19.5 Å². The molecule has 0 amide bonds. The zero-order chi connectivity index (χ0) is 19.3. The van der Waals surface area contributed by atoms with Crippen LogP contribution in [0.4, 0.5) is 0 Å². The Morgan fingerprint density at radius 1 is 0.808 bits per heavy atom. The molecule has 0 unspecified atom stereocenters. The first-order chi connectivity index (χ1) is 12.6. The van der Waals surface area contributed by atoms with Gasteiger partial charge in [0.2, 0.25) is 0 Å². The van der Waals surface area contributed by atoms with E-state index in [1.54, 1.807) is 41.8 Å². The van der Waals surface area contributed by atoms with E-state index in [1.807, 2.05) is 25.2 Å². The number of hydrogen-bond donors (Lipinski definition) is 0. The van der Waals surface area contributed by atoms with Crippen LogP contribution in [-0.2, 0) is 38.5 Å². The molecule has 0 spiro atoms. The van der Waals surface area contributed by atoms with Gasteiger partial charge in [0.25, 0.3) is 0 Å². The van der Waals surface area contributed by atoms with Crippen LogP contribution in [0.25, 0.3) is 0 Å². The number of rotatable bonds is 3. The van der Waals surface area contributed by atoms with Gasteiger partial charge in [0.15, 0.2) is 0 Å². The highest BCUT2D eigenvalue weighted by atomic mass is 32.1. The molecule has 2 aliphatic carbocycles. The Labute approximate surface area is 170 Å². The Bertz CT molecular complexity index is 700. The van der Waals surface area contributed by atoms with Gasteiger partial charge in [-0.25, -0.2) is 0 Å². The Balaban J connectivity index is 0.000000173. The van der Waals surface area contributed by atoms with Crippen molar-refractivity contribution < 1.29 is 0 Å². The zero-order valence-corrected chi connectivity index (χ0v) is 19.7. The molecule has 0 saturated carbocycles. The zero-order valence-electron chi connectivity index (χ0n) is 18.1. The van der Waals surface area contributed by atoms with Crippen LogP contribution < -0.4 is 0 Å². The SMILES string of the molecule is CC.CCc1c(C(C)C)sc2c1CCC2.CCc1sc(C)c2c1CCC2. The molecule has 0 nitrogen and oxygen atoms in total. The summed E-state index contributed by atoms with van der Waals surface area (Å²) in [6.07, 6.45) is 10.7. The predicted molar refractivity (Wildman–Crippen MR) is 122 cm³/mol. The Kier molecular flexibility index (Phi) is 8.41. The van der Waals surface area contributed by atoms with Crippen molar-refractivity contribution in [3.05, 3.63) is 41.8 Å². The third kappa shape index (κ3) is 4.44. The van der Waals surface area contributed by atoms with Crippen molar-refractivity contribution >= 4 is 22.7 Å². The minimum Gasteiger partial charge on any atom is -0.145 e. The Morgan fingerprint density at radius 2 is 1.42 bits per heavy atom. The number of fused-ring (bicyclic) bond motifs is 2. The maximum Gasteiger partial charge on any atom is 0.0108 e. The number of thiophene rings is 2. The van der Waals surface area contributed by atoms with Crippen molar-refractivity contribution in [1.82, 2.24) is 0 Å². The first-order valence-electron chi connectivity index (χ1n) is 10.8. The molecule has 0 aromatic carbocycles. The summed E-state index contributed by atoms with van der Waals surface area (Å²) in [5, 5.41) is 0. The van der Waals surface area contributed by atoms with Gasteiger partial charge in [-0.3, -0.25) is 0 Å². The highest BCUT2D eigenvalue weighted by Crippen LogP contribution is 2.39. The van der Waals surface area contributed by atoms with E-state index in [0.717, 1.165) is 5.92 Å². The second kappa shape index (κ2) is 10.1. The van der Waals surface area contributed by atoms with E-state index in [-0.39, 0.29) is 0 Å². The molecule has 2 heterocycles. The lowest BCUT2D eigenvalue weighted by atomic mass is 10.0. The van der Waals surface area contributed by atoms with Crippen molar-refractivity contribution in [3.8, 4) is 0 Å². The van der Waals surface area contributed by atoms with Crippen LogP contribution in [0.5, 0.6) is 0 Å². The van der Waals surface area contributed by atoms with Crippen molar-refractivity contribution in [2.75, 3.05) is 0 Å². The van der Waals surface area contributed by atoms with E-state index in [4.69, 9.17) is 0 Å². The van der Waals surface area contributed by atoms with Gasteiger partial charge >= 0.3 is 0 Å². The smallest absolute Gasteiger partial charge is 0.0108 e. The maximum atomic E-state index is 2.32. The molecular weight excluding hydrogens is 352 g/mol. The largest absolute Gasteiger partial charge is 0.145 e. The van der Waals surface area contributed by atoms with Gasteiger partial charge in [0.05, 0.1) is 0 Å². The van der Waals surface area contributed by atoms with E-state index in [0.29, 0.717) is 0 Å². The topological polar surface area (TPSA) is 0 Å². The van der Waals surface area contributed by atoms with Gasteiger partial charge in [-0.2, -0.15) is 0 Å². The fraction of sp³-hybridized carbons (Fsp3) is 0.667. The van der Waals surface area contributed by atoms with Crippen LogP contribution in [0, 0.1) is 6.92 Å². The van der Waals surface area contributed by atoms with E-state index in [9.17, 15) is 0 Å². The predicted octanol–water partition coefficient (Wildman–Crippen LogP) is 8.06. The van der Waals surface area contributed by atoms with Crippen LogP contribution in [0.3, 0.4) is 0 Å². The molecule has 0 fully saturated rings. The molecule has 0 saturated heterocycles. The minimum atomic E-state index is 0.727. The first-order valence-corrected chi connectivity index (χ1v) is 12.4. The third-order valence-corrected chi connectivity index (χ3v) is 8.49. The summed E-state index contributed by atoms with van der Waals surface area (Å²) < 4.78 is 0. The highest BCUT2D eigenvalue weighted by molar-refractivity contribution is 7.12. The van der Waals surface area contributed by atoms with Crippen LogP contribution in [-0.4, -0.2) is 0 Å². The van der Waals surface area contributed by atoms with Gasteiger partial charge in [-0.1, -0.05) is 41.5 Å². The van der Waals surface area contributed by atoms with E-state index in [1.165, 1.54) is 51.4 Å². The summed E-state index contributed by atoms with van der Waals surface area (Å²) in [6.45, 7) is 15.5. The van der Waals surface area contributed by atoms with Crippen molar-refractivity contribution in [2.45, 2.75) is 106 Å². The van der Waals surface area contributed by atoms with E-state index in [2.05, 4.69) is 46.0 Å². The van der Waals surface area contributed by atoms with Crippen LogP contribution in [0.15, 0.2) is 0 Å². The molecule has 0 aliphatic heterocycles. The van der Waals surface area contributed by atoms with Gasteiger partial charge in [0.1, 0.15) is 0 Å². The fourth-order valence-electron chi connectivity index (χ4n) is 4.38. The summed E-state index contributed by atoms with van der Waals surface area (Å²) >= 11 is 4.10. The maximum absolute atomic E-state index is 2.32. The molecule has 146 valence electrons. The van der Waals surface area contributed by atoms with Crippen molar-refractivity contribution in [3.63, 3.8) is 0 Å². The molecule has 2 aromatic heterocycles. The average Bonchev–Trinajstić information content (AvgIpc) is 3.39. The van der Waals surface area contributed by atoms with Crippen LogP contribution in [0.2, 0.25) is 0 Å². The highest BCUT2D eigenvalue weighted by Gasteiger charge is 2.21. The minimum absolute atomic E-state index is 0.727. The molecule has 2 heteroatoms. The lowest BCUT2D eigenvalue weighted by Crippen LogP contribution is -1.92. The molecule has 0 atom stereocenters. The first kappa shape index (κ1) is 21.7. The van der Waals surface area contributed by atoms with E-state index >= 15 is 0 Å². The average molecular weight is 391 g/mol. The lowest BCUT2D eigenvalue weighted by molar-refractivity contribution is 0.853. The van der Waals surface area contributed by atoms with Crippen molar-refractivity contribution in [2.24, 2.45) is 0 Å². The fourth-order valence-corrected chi connectivity index (χ4v) is 7.08. The molecule has 2 aliphatic rings. The molecule has 4 rings (SSSR count). The van der Waals surface area contributed by atoms with Crippen LogP contribution in [0.1, 0.15) is 102 Å². The summed E-state index contributed by atoms with van der Waals surface area (Å²) in [7, 11) is 0. The number of hydrogen-bond acceptors (Lipinski definition) is 2. The summed E-state index contributed by atoms with van der Waals surface area (Å²) in [6, 6.07) is 0. The number of aryl methyl sites for hydroxylation is 3. The lowest BCUT2D eigenvalue weighted by Gasteiger charge is -2.06. The standard InChI is InChI=1S/C12H18S.C10H14S.C2H6/c1-4-9-10-6-5-7-11(10)13-12(9)8(2)3;1-3-10-9-6-4-5-8(9)7(2)11-10;1-2/h8H,4-7H2,1-3H3;3-6H2,1-2H3;1-2H3. The molecule has 0 bridgehead atoms. The Morgan fingerprint density at radius 3 is 2.04 bits per heavy atom. The van der Waals surface area contributed by atoms with Gasteiger partial charge in [-0.05, 0) is 86.5 Å². The van der Waals surface area contributed by atoms with Gasteiger partial charge in [-0.15, -0.1) is 22.7 Å². The third-order valence-electron chi connectivity index (χ3n) is 5.52. The van der Waals surface area contributed by atoms with Crippen LogP contribution >= 0.6 is 22.7 Å². The van der Waals surface area contributed by atoms with Crippen molar-refractivity contribution in [1.29, 1.82) is 0 Å². The summed E-state index contributed by atoms with van der Waals surface area (Å²) in [4.78, 5) is 6.58.